The van der Waals surface area contributed by atoms with Crippen LogP contribution in [0.1, 0.15) is 31.0 Å². The van der Waals surface area contributed by atoms with E-state index in [4.69, 9.17) is 5.73 Å². The van der Waals surface area contributed by atoms with Crippen molar-refractivity contribution in [3.63, 3.8) is 0 Å². The summed E-state index contributed by atoms with van der Waals surface area (Å²) in [5.41, 5.74) is 7.81. The highest BCUT2D eigenvalue weighted by Gasteiger charge is 2.48. The second-order valence-corrected chi connectivity index (χ2v) is 6.09. The SMILES string of the molecule is Cc1nc(CC(N)C2CC2(C)C)cs1. The zero-order valence-corrected chi connectivity index (χ0v) is 9.90. The van der Waals surface area contributed by atoms with E-state index in [0.29, 0.717) is 17.4 Å². The first-order valence-corrected chi connectivity index (χ1v) is 6.03. The van der Waals surface area contributed by atoms with Crippen LogP contribution in [-0.2, 0) is 6.42 Å². The van der Waals surface area contributed by atoms with Crippen molar-refractivity contribution in [1.82, 2.24) is 4.98 Å². The molecule has 1 aromatic rings. The van der Waals surface area contributed by atoms with Crippen LogP contribution in [0.4, 0.5) is 0 Å². The number of nitrogens with two attached hydrogens (primary N) is 1. The standard InChI is InChI=1S/C11H18N2S/c1-7-13-8(6-14-7)4-10(12)9-5-11(9,2)3/h6,9-10H,4-5,12H2,1-3H3. The topological polar surface area (TPSA) is 38.9 Å². The lowest BCUT2D eigenvalue weighted by molar-refractivity contribution is 0.474. The van der Waals surface area contributed by atoms with Crippen molar-refractivity contribution in [2.75, 3.05) is 0 Å². The molecule has 0 bridgehead atoms. The van der Waals surface area contributed by atoms with Crippen molar-refractivity contribution in [2.45, 2.75) is 39.7 Å². The first-order chi connectivity index (χ1) is 6.49. The van der Waals surface area contributed by atoms with E-state index in [-0.39, 0.29) is 0 Å². The van der Waals surface area contributed by atoms with E-state index in [1.54, 1.807) is 11.3 Å². The molecule has 1 fully saturated rings. The molecule has 2 rings (SSSR count). The number of rotatable bonds is 3. The number of hydrogen-bond acceptors (Lipinski definition) is 3. The molecule has 2 atom stereocenters. The number of aryl methyl sites for hydroxylation is 1. The van der Waals surface area contributed by atoms with Crippen molar-refractivity contribution in [1.29, 1.82) is 0 Å². The monoisotopic (exact) mass is 210 g/mol. The Hall–Kier alpha value is -0.410. The largest absolute Gasteiger partial charge is 0.327 e. The molecule has 1 aromatic heterocycles. The lowest BCUT2D eigenvalue weighted by Crippen LogP contribution is -2.27. The third kappa shape index (κ3) is 1.98. The molecule has 0 radical (unpaired) electrons. The van der Waals surface area contributed by atoms with Gasteiger partial charge in [0.25, 0.3) is 0 Å². The fourth-order valence-electron chi connectivity index (χ4n) is 2.12. The summed E-state index contributed by atoms with van der Waals surface area (Å²) in [4.78, 5) is 4.45. The summed E-state index contributed by atoms with van der Waals surface area (Å²) in [7, 11) is 0. The molecule has 2 unspecified atom stereocenters. The molecular formula is C11H18N2S. The summed E-state index contributed by atoms with van der Waals surface area (Å²) in [5, 5.41) is 3.27. The van der Waals surface area contributed by atoms with Gasteiger partial charge in [-0.05, 0) is 24.7 Å². The van der Waals surface area contributed by atoms with Gasteiger partial charge >= 0.3 is 0 Å². The highest BCUT2D eigenvalue weighted by Crippen LogP contribution is 2.53. The normalized spacial score (nSPS) is 26.1. The van der Waals surface area contributed by atoms with E-state index in [9.17, 15) is 0 Å². The molecule has 0 aromatic carbocycles. The summed E-state index contributed by atoms with van der Waals surface area (Å²) in [5.74, 6) is 0.699. The Morgan fingerprint density at radius 1 is 1.71 bits per heavy atom. The Labute approximate surface area is 89.5 Å². The predicted octanol–water partition coefficient (Wildman–Crippen LogP) is 2.37. The van der Waals surface area contributed by atoms with Gasteiger partial charge in [-0.3, -0.25) is 0 Å². The van der Waals surface area contributed by atoms with Crippen LogP contribution in [-0.4, -0.2) is 11.0 Å². The van der Waals surface area contributed by atoms with E-state index in [0.717, 1.165) is 11.4 Å². The lowest BCUT2D eigenvalue weighted by atomic mass is 10.0. The average molecular weight is 210 g/mol. The maximum Gasteiger partial charge on any atom is 0.0897 e. The zero-order valence-electron chi connectivity index (χ0n) is 9.08. The minimum absolute atomic E-state index is 0.298. The second-order valence-electron chi connectivity index (χ2n) is 5.03. The summed E-state index contributed by atoms with van der Waals surface area (Å²) < 4.78 is 0. The van der Waals surface area contributed by atoms with E-state index >= 15 is 0 Å². The maximum absolute atomic E-state index is 6.16. The third-order valence-electron chi connectivity index (χ3n) is 3.22. The second kappa shape index (κ2) is 3.31. The van der Waals surface area contributed by atoms with Crippen molar-refractivity contribution in [3.05, 3.63) is 16.1 Å². The van der Waals surface area contributed by atoms with Gasteiger partial charge in [0.2, 0.25) is 0 Å². The van der Waals surface area contributed by atoms with Crippen LogP contribution in [0, 0.1) is 18.3 Å². The quantitative estimate of drug-likeness (QED) is 0.832. The minimum Gasteiger partial charge on any atom is -0.327 e. The van der Waals surface area contributed by atoms with Crippen LogP contribution in [0.15, 0.2) is 5.38 Å². The van der Waals surface area contributed by atoms with E-state index < -0.39 is 0 Å². The van der Waals surface area contributed by atoms with Gasteiger partial charge in [0, 0.05) is 17.8 Å². The van der Waals surface area contributed by atoms with Gasteiger partial charge in [-0.2, -0.15) is 0 Å². The Morgan fingerprint density at radius 3 is 2.79 bits per heavy atom. The van der Waals surface area contributed by atoms with Crippen molar-refractivity contribution in [3.8, 4) is 0 Å². The molecule has 0 amide bonds. The first-order valence-electron chi connectivity index (χ1n) is 5.15. The van der Waals surface area contributed by atoms with Crippen molar-refractivity contribution >= 4 is 11.3 Å². The van der Waals surface area contributed by atoms with E-state index in [2.05, 4.69) is 24.2 Å². The van der Waals surface area contributed by atoms with Gasteiger partial charge in [-0.15, -0.1) is 11.3 Å². The third-order valence-corrected chi connectivity index (χ3v) is 4.04. The van der Waals surface area contributed by atoms with Gasteiger partial charge in [0.05, 0.1) is 10.7 Å². The summed E-state index contributed by atoms with van der Waals surface area (Å²) >= 11 is 1.71. The highest BCUT2D eigenvalue weighted by atomic mass is 32.1. The van der Waals surface area contributed by atoms with Crippen LogP contribution >= 0.6 is 11.3 Å². The molecule has 1 aliphatic carbocycles. The van der Waals surface area contributed by atoms with Crippen molar-refractivity contribution in [2.24, 2.45) is 17.1 Å². The maximum atomic E-state index is 6.16. The van der Waals surface area contributed by atoms with Crippen LogP contribution in [0.2, 0.25) is 0 Å². The molecule has 1 heterocycles. The van der Waals surface area contributed by atoms with Gasteiger partial charge in [-0.25, -0.2) is 4.98 Å². The first kappa shape index (κ1) is 10.1. The molecule has 1 aliphatic rings. The van der Waals surface area contributed by atoms with E-state index in [1.165, 1.54) is 12.1 Å². The van der Waals surface area contributed by atoms with Crippen LogP contribution in [0.5, 0.6) is 0 Å². The fourth-order valence-corrected chi connectivity index (χ4v) is 2.75. The molecule has 14 heavy (non-hydrogen) atoms. The van der Waals surface area contributed by atoms with Gasteiger partial charge < -0.3 is 5.73 Å². The predicted molar refractivity (Wildman–Crippen MR) is 60.4 cm³/mol. The number of nitrogens with zero attached hydrogens (tertiary/aromatic N) is 1. The van der Waals surface area contributed by atoms with Gasteiger partial charge in [0.15, 0.2) is 0 Å². The highest BCUT2D eigenvalue weighted by molar-refractivity contribution is 7.09. The minimum atomic E-state index is 0.298. The number of thiazole rings is 1. The number of hydrogen-bond donors (Lipinski definition) is 1. The van der Waals surface area contributed by atoms with Crippen LogP contribution in [0.25, 0.3) is 0 Å². The summed E-state index contributed by atoms with van der Waals surface area (Å²) in [6.45, 7) is 6.63. The molecule has 2 nitrogen and oxygen atoms in total. The molecule has 0 spiro atoms. The van der Waals surface area contributed by atoms with Gasteiger partial charge in [0.1, 0.15) is 0 Å². The number of aromatic nitrogens is 1. The molecule has 3 heteroatoms. The van der Waals surface area contributed by atoms with Crippen molar-refractivity contribution < 1.29 is 0 Å². The zero-order chi connectivity index (χ0) is 10.3. The molecule has 0 saturated heterocycles. The molecule has 2 N–H and O–H groups in total. The van der Waals surface area contributed by atoms with E-state index in [1.807, 2.05) is 6.92 Å². The molecule has 78 valence electrons. The van der Waals surface area contributed by atoms with Gasteiger partial charge in [-0.1, -0.05) is 13.8 Å². The lowest BCUT2D eigenvalue weighted by Gasteiger charge is -2.11. The Kier molecular flexibility index (Phi) is 2.40. The smallest absolute Gasteiger partial charge is 0.0897 e. The van der Waals surface area contributed by atoms with Crippen LogP contribution in [0.3, 0.4) is 0 Å². The fraction of sp³-hybridized carbons (Fsp3) is 0.727. The molecular weight excluding hydrogens is 192 g/mol. The summed E-state index contributed by atoms with van der Waals surface area (Å²) in [6.07, 6.45) is 2.22. The Bertz CT molecular complexity index is 330. The molecule has 1 saturated carbocycles. The molecule has 0 aliphatic heterocycles. The summed E-state index contributed by atoms with van der Waals surface area (Å²) in [6, 6.07) is 0.298. The average Bonchev–Trinajstić information content (AvgIpc) is 2.51. The van der Waals surface area contributed by atoms with Crippen LogP contribution < -0.4 is 5.73 Å². The Balaban J connectivity index is 1.93. The Morgan fingerprint density at radius 2 is 2.36 bits per heavy atom.